The molecule has 0 aliphatic carbocycles. The summed E-state index contributed by atoms with van der Waals surface area (Å²) in [5.74, 6) is -1.96. The van der Waals surface area contributed by atoms with Gasteiger partial charge in [0.25, 0.3) is 0 Å². The predicted molar refractivity (Wildman–Crippen MR) is 317 cm³/mol. The third kappa shape index (κ3) is 6.62. The van der Waals surface area contributed by atoms with Crippen LogP contribution in [0.4, 0.5) is 0 Å². The fourth-order valence-electron chi connectivity index (χ4n) is 10.8. The van der Waals surface area contributed by atoms with Crippen LogP contribution in [0, 0.1) is 0 Å². The smallest absolute Gasteiger partial charge is 0.238 e. The second kappa shape index (κ2) is 17.6. The molecule has 0 saturated carbocycles. The molecule has 0 N–H and O–H groups in total. The standard InChI is InChI=1S/C69H46N6Si/c1-5-24-47(25-6-1)67-70-68(48-26-21-33-52(46-48)76(49-27-7-2-8-28-49,50-29-9-3-10-30-50)51-31-11-4-12-32-51)72-69(71-67)75-62-43-20-16-37-56(62)58-39-23-45-64(66(58)75)74-61-42-19-15-36-55(61)57-38-22-44-63(65(57)74)73-59-40-17-13-34-53(59)54-35-14-18-41-60(54)73/h1-46H/i1D,2D,3D,4D,5D,6D,7D,8D,9D,10D,11D,12D,21D,24D,25D,26D,27D,28D,29D,30D,31D,32D,33D,46D. The molecular formula is C69H46N6Si. The minimum absolute atomic E-state index is 0.378. The summed E-state index contributed by atoms with van der Waals surface area (Å²) in [5.41, 5.74) is 3.77. The number of fused-ring (bicyclic) bond motifs is 9. The summed E-state index contributed by atoms with van der Waals surface area (Å²) in [6.45, 7) is 0. The van der Waals surface area contributed by atoms with Crippen molar-refractivity contribution in [3.8, 4) is 40.1 Å². The van der Waals surface area contributed by atoms with Gasteiger partial charge in [0.15, 0.2) is 19.7 Å². The first-order valence-corrected chi connectivity index (χ1v) is 25.9. The van der Waals surface area contributed by atoms with Crippen LogP contribution >= 0.6 is 0 Å². The van der Waals surface area contributed by atoms with Crippen molar-refractivity contribution < 1.29 is 32.9 Å². The van der Waals surface area contributed by atoms with Gasteiger partial charge < -0.3 is 9.13 Å². The number of rotatable bonds is 9. The van der Waals surface area contributed by atoms with Gasteiger partial charge in [-0.15, -0.1) is 0 Å². The van der Waals surface area contributed by atoms with Crippen LogP contribution in [0.1, 0.15) is 32.9 Å². The van der Waals surface area contributed by atoms with E-state index in [0.717, 1.165) is 49.3 Å². The van der Waals surface area contributed by atoms with Gasteiger partial charge in [-0.05, 0) is 57.1 Å². The summed E-state index contributed by atoms with van der Waals surface area (Å²) in [4.78, 5) is 14.8. The molecular weight excluding hydrogens is 941 g/mol. The summed E-state index contributed by atoms with van der Waals surface area (Å²) in [7, 11) is -6.41. The lowest BCUT2D eigenvalue weighted by atomic mass is 10.1. The second-order valence-corrected chi connectivity index (χ2v) is 21.2. The van der Waals surface area contributed by atoms with E-state index in [1.54, 1.807) is 22.8 Å². The molecule has 76 heavy (non-hydrogen) atoms. The summed E-state index contributed by atoms with van der Waals surface area (Å²) < 4.78 is 231. The highest BCUT2D eigenvalue weighted by atomic mass is 28.3. The van der Waals surface area contributed by atoms with E-state index >= 15 is 0 Å². The largest absolute Gasteiger partial charge is 0.307 e. The minimum atomic E-state index is -6.41. The van der Waals surface area contributed by atoms with Gasteiger partial charge in [-0.3, -0.25) is 4.57 Å². The van der Waals surface area contributed by atoms with Crippen LogP contribution in [0.2, 0.25) is 0 Å². The molecule has 7 heteroatoms. The van der Waals surface area contributed by atoms with Crippen LogP contribution in [-0.4, -0.2) is 36.7 Å². The van der Waals surface area contributed by atoms with E-state index in [2.05, 4.69) is 21.3 Å². The Hall–Kier alpha value is -9.95. The fraction of sp³-hybridized carbons (Fsp3) is 0. The maximum Gasteiger partial charge on any atom is 0.238 e. The maximum absolute atomic E-state index is 10.7. The Balaban J connectivity index is 1.14. The summed E-state index contributed by atoms with van der Waals surface area (Å²) in [6.07, 6.45) is 0. The Morgan fingerprint density at radius 3 is 1.18 bits per heavy atom. The summed E-state index contributed by atoms with van der Waals surface area (Å²) in [6, 6.07) is 16.4. The molecule has 356 valence electrons. The van der Waals surface area contributed by atoms with Crippen LogP contribution in [0.25, 0.3) is 106 Å². The molecule has 0 aliphatic heterocycles. The van der Waals surface area contributed by atoms with E-state index in [4.69, 9.17) is 31.4 Å². The fourth-order valence-corrected chi connectivity index (χ4v) is 14.3. The number of hydrogen-bond donors (Lipinski definition) is 0. The second-order valence-electron chi connectivity index (χ2n) is 17.7. The van der Waals surface area contributed by atoms with Crippen molar-refractivity contribution in [3.05, 3.63) is 278 Å². The summed E-state index contributed by atoms with van der Waals surface area (Å²) >= 11 is 0. The molecule has 0 amide bonds. The molecule has 6 nitrogen and oxygen atoms in total. The van der Waals surface area contributed by atoms with Gasteiger partial charge in [0.05, 0.1) is 77.4 Å². The zero-order valence-corrected chi connectivity index (χ0v) is 40.4. The Kier molecular flexibility index (Phi) is 5.99. The van der Waals surface area contributed by atoms with Gasteiger partial charge in [0.2, 0.25) is 5.95 Å². The van der Waals surface area contributed by atoms with Crippen LogP contribution in [0.15, 0.2) is 278 Å². The Bertz CT molecular complexity index is 5870. The minimum Gasteiger partial charge on any atom is -0.307 e. The van der Waals surface area contributed by atoms with Crippen molar-refractivity contribution in [2.24, 2.45) is 0 Å². The van der Waals surface area contributed by atoms with E-state index in [0.29, 0.717) is 27.5 Å². The van der Waals surface area contributed by atoms with Crippen molar-refractivity contribution in [2.75, 3.05) is 0 Å². The number of para-hydroxylation sites is 6. The predicted octanol–water partition coefficient (Wildman–Crippen LogP) is 13.9. The average molecular weight is 1010 g/mol. The van der Waals surface area contributed by atoms with E-state index < -0.39 is 203 Å². The molecule has 0 bridgehead atoms. The van der Waals surface area contributed by atoms with Crippen LogP contribution < -0.4 is 20.7 Å². The first kappa shape index (κ1) is 25.8. The van der Waals surface area contributed by atoms with E-state index in [1.165, 1.54) is 0 Å². The van der Waals surface area contributed by atoms with Crippen LogP contribution in [0.5, 0.6) is 0 Å². The zero-order valence-electron chi connectivity index (χ0n) is 63.4. The number of hydrogen-bond acceptors (Lipinski definition) is 3. The highest BCUT2D eigenvalue weighted by molar-refractivity contribution is 7.19. The molecule has 0 fully saturated rings. The first-order valence-electron chi connectivity index (χ1n) is 35.9. The van der Waals surface area contributed by atoms with E-state index in [-0.39, 0.29) is 0 Å². The quantitative estimate of drug-likeness (QED) is 0.107. The number of aromatic nitrogens is 6. The molecule has 11 aromatic carbocycles. The van der Waals surface area contributed by atoms with Crippen LogP contribution in [-0.2, 0) is 0 Å². The molecule has 0 aliphatic rings. The van der Waals surface area contributed by atoms with Gasteiger partial charge in [0, 0.05) is 43.4 Å². The molecule has 4 heterocycles. The molecule has 15 rings (SSSR count). The van der Waals surface area contributed by atoms with Crippen molar-refractivity contribution in [3.63, 3.8) is 0 Å². The molecule has 0 saturated heterocycles. The molecule has 0 radical (unpaired) electrons. The van der Waals surface area contributed by atoms with Crippen LogP contribution in [0.3, 0.4) is 0 Å². The first-order chi connectivity index (χ1) is 47.7. The topological polar surface area (TPSA) is 53.5 Å². The lowest BCUT2D eigenvalue weighted by Gasteiger charge is -2.34. The van der Waals surface area contributed by atoms with E-state index in [9.17, 15) is 16.4 Å². The number of benzene rings is 11. The van der Waals surface area contributed by atoms with Gasteiger partial charge in [0.1, 0.15) is 0 Å². The SMILES string of the molecule is [2H]c1c([2H])c([2H])c(-c2nc(-c3c([2H])c([2H])c([2H])c([Si](c4c([2H])c([2H])c([2H])c([2H])c4[2H])(c4c([2H])c([2H])c([2H])c([2H])c4[2H])c4c([2H])c([2H])c([2H])c([2H])c4[2H])c3[2H])nc(-n3c4ccccc4c4cccc(-n5c6ccccc6c6cccc(-n7c8ccccc8c8ccccc87)c65)c43)n2)c([2H])c1[2H]. The molecule has 4 aromatic heterocycles. The normalized spacial score (nSPS) is 16.4. The van der Waals surface area contributed by atoms with Gasteiger partial charge >= 0.3 is 0 Å². The lowest BCUT2D eigenvalue weighted by molar-refractivity contribution is 0.950. The molecule has 0 atom stereocenters. The highest BCUT2D eigenvalue weighted by Gasteiger charge is 2.41. The molecule has 0 unspecified atom stereocenters. The zero-order chi connectivity index (χ0) is 71.0. The monoisotopic (exact) mass is 1010 g/mol. The maximum atomic E-state index is 10.7. The van der Waals surface area contributed by atoms with Crippen molar-refractivity contribution in [1.82, 2.24) is 28.7 Å². The van der Waals surface area contributed by atoms with Gasteiger partial charge in [-0.2, -0.15) is 9.97 Å². The lowest BCUT2D eigenvalue weighted by Crippen LogP contribution is -2.74. The third-order valence-corrected chi connectivity index (χ3v) is 17.8. The molecule has 15 aromatic rings. The van der Waals surface area contributed by atoms with Crippen molar-refractivity contribution in [1.29, 1.82) is 0 Å². The highest BCUT2D eigenvalue weighted by Crippen LogP contribution is 2.43. The average Bonchev–Trinajstić information content (AvgIpc) is 0.899. The molecule has 0 spiro atoms. The summed E-state index contributed by atoms with van der Waals surface area (Å²) in [5, 5.41) is 0.533. The Labute approximate surface area is 473 Å². The number of nitrogens with zero attached hydrogens (tertiary/aromatic N) is 6. The third-order valence-electron chi connectivity index (χ3n) is 13.8. The van der Waals surface area contributed by atoms with Gasteiger partial charge in [-0.25, -0.2) is 4.98 Å². The van der Waals surface area contributed by atoms with E-state index in [1.807, 2.05) is 103 Å². The van der Waals surface area contributed by atoms with Crippen molar-refractivity contribution in [2.45, 2.75) is 0 Å². The Morgan fingerprint density at radius 2 is 0.671 bits per heavy atom. The Morgan fingerprint density at radius 1 is 0.303 bits per heavy atom. The van der Waals surface area contributed by atoms with Crippen molar-refractivity contribution >= 4 is 94.2 Å². The van der Waals surface area contributed by atoms with Gasteiger partial charge in [-0.1, -0.05) is 242 Å².